The van der Waals surface area contributed by atoms with Crippen molar-refractivity contribution in [2.45, 2.75) is 31.2 Å². The van der Waals surface area contributed by atoms with E-state index in [1.54, 1.807) is 18.1 Å². The van der Waals surface area contributed by atoms with Gasteiger partial charge in [-0.1, -0.05) is 6.92 Å². The number of allylic oxidation sites excluding steroid dienone is 1. The predicted molar refractivity (Wildman–Crippen MR) is 80.3 cm³/mol. The summed E-state index contributed by atoms with van der Waals surface area (Å²) in [5, 5.41) is 10.4. The van der Waals surface area contributed by atoms with Crippen LogP contribution in [0.2, 0.25) is 0 Å². The molecule has 0 unspecified atom stereocenters. The van der Waals surface area contributed by atoms with Crippen LogP contribution in [0.3, 0.4) is 0 Å². The lowest BCUT2D eigenvalue weighted by Crippen LogP contribution is -2.04. The molecule has 6 nitrogen and oxygen atoms in total. The number of nitrogens with two attached hydrogens (primary N) is 1. The van der Waals surface area contributed by atoms with Crippen molar-refractivity contribution in [1.29, 1.82) is 0 Å². The van der Waals surface area contributed by atoms with E-state index in [1.807, 2.05) is 4.57 Å². The second-order valence-corrected chi connectivity index (χ2v) is 5.81. The Kier molecular flexibility index (Phi) is 3.62. The first kappa shape index (κ1) is 13.4. The van der Waals surface area contributed by atoms with Gasteiger partial charge in [-0.05, 0) is 30.6 Å². The molecule has 0 saturated heterocycles. The summed E-state index contributed by atoms with van der Waals surface area (Å²) in [5.74, 6) is 1.21. The molecule has 1 aliphatic rings. The quantitative estimate of drug-likeness (QED) is 0.646. The molecule has 0 aromatic carbocycles. The molecule has 2 aromatic heterocycles. The number of aromatic nitrogens is 4. The van der Waals surface area contributed by atoms with Gasteiger partial charge in [-0.3, -0.25) is 4.57 Å². The van der Waals surface area contributed by atoms with Crippen LogP contribution in [-0.4, -0.2) is 37.0 Å². The maximum Gasteiger partial charge on any atom is 0.223 e. The second-order valence-electron chi connectivity index (χ2n) is 4.73. The third-order valence-electron chi connectivity index (χ3n) is 3.17. The van der Waals surface area contributed by atoms with E-state index in [2.05, 4.69) is 21.9 Å². The van der Waals surface area contributed by atoms with E-state index in [-0.39, 0.29) is 12.6 Å². The van der Waals surface area contributed by atoms with Gasteiger partial charge < -0.3 is 10.8 Å². The number of rotatable bonds is 5. The summed E-state index contributed by atoms with van der Waals surface area (Å²) in [7, 11) is 0. The summed E-state index contributed by atoms with van der Waals surface area (Å²) < 4.78 is 1.84. The van der Waals surface area contributed by atoms with Crippen LogP contribution in [0.25, 0.3) is 16.9 Å². The van der Waals surface area contributed by atoms with Crippen LogP contribution >= 0.6 is 11.8 Å². The van der Waals surface area contributed by atoms with Crippen molar-refractivity contribution in [3.8, 4) is 0 Å². The van der Waals surface area contributed by atoms with E-state index in [4.69, 9.17) is 5.73 Å². The van der Waals surface area contributed by atoms with E-state index in [1.165, 1.54) is 5.57 Å². The van der Waals surface area contributed by atoms with E-state index < -0.39 is 0 Å². The Bertz CT molecular complexity index is 673. The topological polar surface area (TPSA) is 89.9 Å². The van der Waals surface area contributed by atoms with Crippen molar-refractivity contribution in [3.63, 3.8) is 0 Å². The Morgan fingerprint density at radius 1 is 1.45 bits per heavy atom. The zero-order chi connectivity index (χ0) is 14.1. The summed E-state index contributed by atoms with van der Waals surface area (Å²) in [5.41, 5.74) is 9.37. The molecule has 2 aromatic rings. The standard InChI is InChI=1S/C13H17N5OS/c1-2-5-20-12-10-11(16-13(14)17-12)18(7-15-10)9(6-19)8-3-4-8/h7,19H,2-6H2,1H3,(H2,14,16,17). The first-order valence-electron chi connectivity index (χ1n) is 6.70. The molecule has 0 spiro atoms. The van der Waals surface area contributed by atoms with Gasteiger partial charge in [0.05, 0.1) is 12.3 Å². The smallest absolute Gasteiger partial charge is 0.223 e. The van der Waals surface area contributed by atoms with Gasteiger partial charge in [0.15, 0.2) is 5.65 Å². The van der Waals surface area contributed by atoms with E-state index >= 15 is 0 Å². The molecule has 3 N–H and O–H groups in total. The third-order valence-corrected chi connectivity index (χ3v) is 4.34. The van der Waals surface area contributed by atoms with Crippen LogP contribution in [-0.2, 0) is 0 Å². The summed E-state index contributed by atoms with van der Waals surface area (Å²) in [4.78, 5) is 13.0. The van der Waals surface area contributed by atoms with Crippen molar-refractivity contribution in [2.24, 2.45) is 0 Å². The average Bonchev–Trinajstić information content (AvgIpc) is 3.19. The fraction of sp³-hybridized carbons (Fsp3) is 0.462. The van der Waals surface area contributed by atoms with Gasteiger partial charge in [0.1, 0.15) is 16.9 Å². The van der Waals surface area contributed by atoms with Crippen LogP contribution < -0.4 is 5.73 Å². The van der Waals surface area contributed by atoms with Gasteiger partial charge in [-0.15, -0.1) is 11.8 Å². The Labute approximate surface area is 121 Å². The normalized spacial score (nSPS) is 14.0. The number of nitrogen functional groups attached to an aromatic ring is 1. The van der Waals surface area contributed by atoms with Crippen LogP contribution in [0, 0.1) is 0 Å². The third kappa shape index (κ3) is 2.38. The molecule has 0 amide bonds. The lowest BCUT2D eigenvalue weighted by Gasteiger charge is -2.07. The molecular weight excluding hydrogens is 274 g/mol. The zero-order valence-electron chi connectivity index (χ0n) is 11.3. The zero-order valence-corrected chi connectivity index (χ0v) is 12.2. The van der Waals surface area contributed by atoms with Crippen molar-refractivity contribution >= 4 is 34.6 Å². The predicted octanol–water partition coefficient (Wildman–Crippen LogP) is 1.91. The molecule has 0 atom stereocenters. The SMILES string of the molecule is CCCSc1nc(N)nc2c1ncn2C(CO)=C1CC1. The number of hydrogen-bond donors (Lipinski definition) is 2. The van der Waals surface area contributed by atoms with Crippen molar-refractivity contribution < 1.29 is 5.11 Å². The minimum absolute atomic E-state index is 0.0118. The summed E-state index contributed by atoms with van der Waals surface area (Å²) >= 11 is 1.64. The Balaban J connectivity index is 2.12. The van der Waals surface area contributed by atoms with Gasteiger partial charge in [-0.2, -0.15) is 4.98 Å². The van der Waals surface area contributed by atoms with Crippen LogP contribution in [0.5, 0.6) is 0 Å². The van der Waals surface area contributed by atoms with E-state index in [0.29, 0.717) is 5.65 Å². The van der Waals surface area contributed by atoms with Gasteiger partial charge in [0.25, 0.3) is 0 Å². The van der Waals surface area contributed by atoms with Crippen LogP contribution in [0.15, 0.2) is 16.9 Å². The number of imidazole rings is 1. The highest BCUT2D eigenvalue weighted by atomic mass is 32.2. The fourth-order valence-electron chi connectivity index (χ4n) is 2.10. The maximum atomic E-state index is 9.56. The van der Waals surface area contributed by atoms with Crippen molar-refractivity contribution in [1.82, 2.24) is 19.5 Å². The first-order valence-corrected chi connectivity index (χ1v) is 7.68. The van der Waals surface area contributed by atoms with Crippen molar-refractivity contribution in [2.75, 3.05) is 18.1 Å². The first-order chi connectivity index (χ1) is 9.74. The minimum Gasteiger partial charge on any atom is -0.390 e. The molecule has 1 saturated carbocycles. The largest absolute Gasteiger partial charge is 0.390 e. The summed E-state index contributed by atoms with van der Waals surface area (Å²) in [6.07, 6.45) is 4.83. The monoisotopic (exact) mass is 291 g/mol. The molecule has 20 heavy (non-hydrogen) atoms. The molecule has 1 aliphatic carbocycles. The highest BCUT2D eigenvalue weighted by Gasteiger charge is 2.21. The number of anilines is 1. The maximum absolute atomic E-state index is 9.56. The number of nitrogens with zero attached hydrogens (tertiary/aromatic N) is 4. The number of hydrogen-bond acceptors (Lipinski definition) is 6. The number of fused-ring (bicyclic) bond motifs is 1. The van der Waals surface area contributed by atoms with Crippen LogP contribution in [0.4, 0.5) is 5.95 Å². The number of aliphatic hydroxyl groups is 1. The molecule has 0 aliphatic heterocycles. The van der Waals surface area contributed by atoms with Gasteiger partial charge in [-0.25, -0.2) is 9.97 Å². The molecule has 0 radical (unpaired) electrons. The molecular formula is C13H17N5OS. The lowest BCUT2D eigenvalue weighted by atomic mass is 10.4. The highest BCUT2D eigenvalue weighted by molar-refractivity contribution is 7.99. The average molecular weight is 291 g/mol. The Morgan fingerprint density at radius 3 is 2.90 bits per heavy atom. The fourth-order valence-corrected chi connectivity index (χ4v) is 2.93. The van der Waals surface area contributed by atoms with Gasteiger partial charge in [0, 0.05) is 0 Å². The van der Waals surface area contributed by atoms with Gasteiger partial charge >= 0.3 is 0 Å². The summed E-state index contributed by atoms with van der Waals surface area (Å²) in [6, 6.07) is 0. The Morgan fingerprint density at radius 2 is 2.25 bits per heavy atom. The van der Waals surface area contributed by atoms with E-state index in [9.17, 15) is 5.11 Å². The lowest BCUT2D eigenvalue weighted by molar-refractivity contribution is 0.344. The second kappa shape index (κ2) is 5.41. The molecule has 7 heteroatoms. The highest BCUT2D eigenvalue weighted by Crippen LogP contribution is 2.35. The van der Waals surface area contributed by atoms with Crippen LogP contribution in [0.1, 0.15) is 26.2 Å². The van der Waals surface area contributed by atoms with Gasteiger partial charge in [0.2, 0.25) is 5.95 Å². The molecule has 0 bridgehead atoms. The van der Waals surface area contributed by atoms with E-state index in [0.717, 1.165) is 41.3 Å². The molecule has 3 rings (SSSR count). The summed E-state index contributed by atoms with van der Waals surface area (Å²) in [6.45, 7) is 2.11. The number of aliphatic hydroxyl groups excluding tert-OH is 1. The van der Waals surface area contributed by atoms with Crippen molar-refractivity contribution in [3.05, 3.63) is 11.9 Å². The molecule has 2 heterocycles. The number of thioether (sulfide) groups is 1. The Hall–Kier alpha value is -1.60. The minimum atomic E-state index is -0.0118. The molecule has 106 valence electrons. The molecule has 1 fully saturated rings.